The molecule has 2 atom stereocenters. The Kier molecular flexibility index (Phi) is 5.57. The molecule has 3 aromatic rings. The summed E-state index contributed by atoms with van der Waals surface area (Å²) in [5, 5.41) is 20.3. The van der Waals surface area contributed by atoms with E-state index in [0.717, 1.165) is 41.6 Å². The summed E-state index contributed by atoms with van der Waals surface area (Å²) in [6.45, 7) is 1.85. The number of rotatable bonds is 5. The Hall–Kier alpha value is -3.53. The summed E-state index contributed by atoms with van der Waals surface area (Å²) in [4.78, 5) is 11.7. The summed E-state index contributed by atoms with van der Waals surface area (Å²) < 4.78 is 15.9. The smallest absolute Gasteiger partial charge is 0.219 e. The maximum atomic E-state index is 13.9. The van der Waals surface area contributed by atoms with Gasteiger partial charge in [0.2, 0.25) is 5.91 Å². The van der Waals surface area contributed by atoms with E-state index in [1.54, 1.807) is 12.3 Å². The molecule has 4 rings (SSSR count). The maximum absolute atomic E-state index is 13.9. The lowest BCUT2D eigenvalue weighted by molar-refractivity contribution is -0.121. The number of halogens is 1. The van der Waals surface area contributed by atoms with Crippen molar-refractivity contribution in [1.82, 2.24) is 20.3 Å². The molecule has 0 bridgehead atoms. The predicted molar refractivity (Wildman–Crippen MR) is 111 cm³/mol. The van der Waals surface area contributed by atoms with Crippen LogP contribution in [0.25, 0.3) is 22.4 Å². The first-order valence-corrected chi connectivity index (χ1v) is 10.1. The number of hydrogen-bond donors (Lipinski definition) is 1. The highest BCUT2D eigenvalue weighted by Gasteiger charge is 2.29. The van der Waals surface area contributed by atoms with E-state index in [0.29, 0.717) is 6.42 Å². The molecular formula is C23H22FN5O. The lowest BCUT2D eigenvalue weighted by Gasteiger charge is -2.15. The molecule has 1 saturated carbocycles. The molecule has 152 valence electrons. The van der Waals surface area contributed by atoms with Gasteiger partial charge in [0.1, 0.15) is 11.9 Å². The number of amides is 1. The van der Waals surface area contributed by atoms with Crippen LogP contribution in [0, 0.1) is 17.1 Å². The summed E-state index contributed by atoms with van der Waals surface area (Å²) in [5.74, 6) is -0.443. The number of carbonyl (C=O) groups excluding carboxylic acids is 1. The normalized spacial score (nSPS) is 18.2. The summed E-state index contributed by atoms with van der Waals surface area (Å²) in [6, 6.07) is 14.6. The molecule has 0 saturated heterocycles. The SMILES string of the molecule is CCC(=O)N[C@H]1CCC(n2nncc2-c2ccc(-c3ccc(C#N)c(F)c3)cc2)C1. The minimum absolute atomic E-state index is 0.0374. The van der Waals surface area contributed by atoms with Crippen LogP contribution in [0.2, 0.25) is 0 Å². The van der Waals surface area contributed by atoms with Crippen LogP contribution in [-0.2, 0) is 4.79 Å². The Morgan fingerprint density at radius 1 is 1.20 bits per heavy atom. The lowest BCUT2D eigenvalue weighted by atomic mass is 10.0. The first kappa shape index (κ1) is 19.8. The van der Waals surface area contributed by atoms with E-state index < -0.39 is 5.82 Å². The fraction of sp³-hybridized carbons (Fsp3) is 0.304. The second-order valence-corrected chi connectivity index (χ2v) is 7.53. The first-order valence-electron chi connectivity index (χ1n) is 10.1. The van der Waals surface area contributed by atoms with Crippen LogP contribution in [0.4, 0.5) is 4.39 Å². The zero-order valence-electron chi connectivity index (χ0n) is 16.7. The van der Waals surface area contributed by atoms with E-state index in [1.807, 2.05) is 41.9 Å². The van der Waals surface area contributed by atoms with Crippen LogP contribution in [0.3, 0.4) is 0 Å². The number of nitrogens with one attached hydrogen (secondary N) is 1. The van der Waals surface area contributed by atoms with Gasteiger partial charge in [-0.25, -0.2) is 9.07 Å². The van der Waals surface area contributed by atoms with Crippen molar-refractivity contribution >= 4 is 5.91 Å². The van der Waals surface area contributed by atoms with Gasteiger partial charge in [0.15, 0.2) is 0 Å². The number of nitrogens with zero attached hydrogens (tertiary/aromatic N) is 4. The highest BCUT2D eigenvalue weighted by Crippen LogP contribution is 2.33. The van der Waals surface area contributed by atoms with Gasteiger partial charge >= 0.3 is 0 Å². The number of carbonyl (C=O) groups is 1. The molecular weight excluding hydrogens is 381 g/mol. The third kappa shape index (κ3) is 3.94. The molecule has 30 heavy (non-hydrogen) atoms. The summed E-state index contributed by atoms with van der Waals surface area (Å²) in [5.41, 5.74) is 3.51. The Labute approximate surface area is 174 Å². The fourth-order valence-corrected chi connectivity index (χ4v) is 3.98. The topological polar surface area (TPSA) is 83.6 Å². The lowest BCUT2D eigenvalue weighted by Crippen LogP contribution is -2.32. The quantitative estimate of drug-likeness (QED) is 0.691. The minimum atomic E-state index is -0.521. The molecule has 1 N–H and O–H groups in total. The van der Waals surface area contributed by atoms with Gasteiger partial charge in [-0.1, -0.05) is 42.5 Å². The van der Waals surface area contributed by atoms with Gasteiger partial charge in [-0.15, -0.1) is 5.10 Å². The highest BCUT2D eigenvalue weighted by molar-refractivity contribution is 5.75. The average Bonchev–Trinajstić information content (AvgIpc) is 3.43. The molecule has 0 spiro atoms. The number of benzene rings is 2. The van der Waals surface area contributed by atoms with Crippen LogP contribution in [0.15, 0.2) is 48.7 Å². The zero-order valence-corrected chi connectivity index (χ0v) is 16.7. The number of hydrogen-bond acceptors (Lipinski definition) is 4. The van der Waals surface area contributed by atoms with Crippen molar-refractivity contribution in [3.8, 4) is 28.5 Å². The van der Waals surface area contributed by atoms with E-state index >= 15 is 0 Å². The molecule has 0 radical (unpaired) electrons. The van der Waals surface area contributed by atoms with Crippen molar-refractivity contribution in [2.75, 3.05) is 0 Å². The predicted octanol–water partition coefficient (Wildman–Crippen LogP) is 4.24. The van der Waals surface area contributed by atoms with Crippen molar-refractivity contribution < 1.29 is 9.18 Å². The molecule has 0 aliphatic heterocycles. The maximum Gasteiger partial charge on any atom is 0.219 e. The third-order valence-corrected chi connectivity index (χ3v) is 5.62. The Bertz CT molecular complexity index is 1100. The second kappa shape index (κ2) is 8.46. The van der Waals surface area contributed by atoms with Crippen LogP contribution in [0.5, 0.6) is 0 Å². The van der Waals surface area contributed by atoms with E-state index in [4.69, 9.17) is 5.26 Å². The van der Waals surface area contributed by atoms with Gasteiger partial charge in [-0.2, -0.15) is 5.26 Å². The van der Waals surface area contributed by atoms with Crippen molar-refractivity contribution in [2.24, 2.45) is 0 Å². The van der Waals surface area contributed by atoms with Gasteiger partial charge < -0.3 is 5.32 Å². The highest BCUT2D eigenvalue weighted by atomic mass is 19.1. The molecule has 2 aromatic carbocycles. The van der Waals surface area contributed by atoms with Crippen molar-refractivity contribution in [2.45, 2.75) is 44.7 Å². The fourth-order valence-electron chi connectivity index (χ4n) is 3.98. The summed E-state index contributed by atoms with van der Waals surface area (Å²) >= 11 is 0. The van der Waals surface area contributed by atoms with E-state index in [2.05, 4.69) is 15.6 Å². The molecule has 1 aromatic heterocycles. The van der Waals surface area contributed by atoms with E-state index in [9.17, 15) is 9.18 Å². The van der Waals surface area contributed by atoms with Gasteiger partial charge in [-0.3, -0.25) is 4.79 Å². The molecule has 1 amide bonds. The van der Waals surface area contributed by atoms with Gasteiger partial charge in [0.25, 0.3) is 0 Å². The van der Waals surface area contributed by atoms with Gasteiger partial charge in [-0.05, 0) is 42.5 Å². The van der Waals surface area contributed by atoms with Crippen LogP contribution in [0.1, 0.15) is 44.2 Å². The monoisotopic (exact) mass is 403 g/mol. The van der Waals surface area contributed by atoms with Crippen LogP contribution < -0.4 is 5.32 Å². The van der Waals surface area contributed by atoms with E-state index in [-0.39, 0.29) is 23.6 Å². The number of nitriles is 1. The Morgan fingerprint density at radius 3 is 2.63 bits per heavy atom. The van der Waals surface area contributed by atoms with E-state index in [1.165, 1.54) is 12.1 Å². The molecule has 1 aliphatic carbocycles. The third-order valence-electron chi connectivity index (χ3n) is 5.62. The number of aromatic nitrogens is 3. The second-order valence-electron chi connectivity index (χ2n) is 7.53. The Morgan fingerprint density at radius 2 is 1.93 bits per heavy atom. The van der Waals surface area contributed by atoms with Crippen LogP contribution >= 0.6 is 0 Å². The molecule has 1 unspecified atom stereocenters. The summed E-state index contributed by atoms with van der Waals surface area (Å²) in [7, 11) is 0. The van der Waals surface area contributed by atoms with Crippen molar-refractivity contribution in [1.29, 1.82) is 5.26 Å². The molecule has 1 fully saturated rings. The minimum Gasteiger partial charge on any atom is -0.353 e. The average molecular weight is 403 g/mol. The van der Waals surface area contributed by atoms with Crippen molar-refractivity contribution in [3.05, 3.63) is 60.0 Å². The molecule has 7 heteroatoms. The van der Waals surface area contributed by atoms with Crippen LogP contribution in [-0.4, -0.2) is 26.9 Å². The summed E-state index contributed by atoms with van der Waals surface area (Å²) in [6.07, 6.45) is 4.94. The largest absolute Gasteiger partial charge is 0.353 e. The van der Waals surface area contributed by atoms with Gasteiger partial charge in [0.05, 0.1) is 23.5 Å². The standard InChI is InChI=1S/C23H22FN5O/c1-2-23(30)27-19-9-10-20(12-19)29-22(14-26-28-29)16-5-3-15(4-6-16)17-7-8-18(13-25)21(24)11-17/h3-8,11,14,19-20H,2,9-10,12H2,1H3,(H,27,30)/t19-,20?/m0/s1. The molecule has 1 heterocycles. The first-order chi connectivity index (χ1) is 14.6. The Balaban J connectivity index is 1.53. The molecule has 1 aliphatic rings. The van der Waals surface area contributed by atoms with Crippen molar-refractivity contribution in [3.63, 3.8) is 0 Å². The van der Waals surface area contributed by atoms with Gasteiger partial charge in [0, 0.05) is 18.0 Å². The zero-order chi connectivity index (χ0) is 21.1. The molecule has 6 nitrogen and oxygen atoms in total.